The zero-order valence-corrected chi connectivity index (χ0v) is 17.4. The molecule has 0 unspecified atom stereocenters. The van der Waals surface area contributed by atoms with Crippen molar-refractivity contribution >= 4 is 44.7 Å². The number of nitrogens with zero attached hydrogens (tertiary/aromatic N) is 1. The Hall–Kier alpha value is -1.96. The maximum absolute atomic E-state index is 11.7. The Bertz CT molecular complexity index is 947. The van der Waals surface area contributed by atoms with Gasteiger partial charge < -0.3 is 14.4 Å². The van der Waals surface area contributed by atoms with Crippen molar-refractivity contribution in [2.24, 2.45) is 0 Å². The van der Waals surface area contributed by atoms with Gasteiger partial charge in [-0.25, -0.2) is 8.42 Å². The minimum absolute atomic E-state index is 0.0204. The van der Waals surface area contributed by atoms with Crippen LogP contribution in [-0.4, -0.2) is 40.8 Å². The molecule has 2 rings (SSSR count). The van der Waals surface area contributed by atoms with Crippen LogP contribution in [-0.2, 0) is 19.4 Å². The first-order valence-corrected chi connectivity index (χ1v) is 10.6. The van der Waals surface area contributed by atoms with Crippen LogP contribution in [0, 0.1) is 0 Å². The summed E-state index contributed by atoms with van der Waals surface area (Å²) in [7, 11) is -1.67. The van der Waals surface area contributed by atoms with Crippen molar-refractivity contribution in [3.63, 3.8) is 0 Å². The number of anilines is 1. The van der Waals surface area contributed by atoms with E-state index in [1.54, 1.807) is 37.1 Å². The van der Waals surface area contributed by atoms with Crippen LogP contribution >= 0.6 is 23.2 Å². The molecular formula is C18H19Cl2NO5S. The highest BCUT2D eigenvalue weighted by atomic mass is 35.5. The van der Waals surface area contributed by atoms with E-state index in [0.29, 0.717) is 23.1 Å². The first-order valence-electron chi connectivity index (χ1n) is 7.95. The molecule has 0 radical (unpaired) electrons. The molecule has 0 heterocycles. The highest BCUT2D eigenvalue weighted by Gasteiger charge is 2.16. The Kier molecular flexibility index (Phi) is 6.97. The predicted molar refractivity (Wildman–Crippen MR) is 106 cm³/mol. The van der Waals surface area contributed by atoms with Crippen molar-refractivity contribution in [2.45, 2.75) is 11.8 Å². The van der Waals surface area contributed by atoms with Crippen LogP contribution in [0.4, 0.5) is 5.69 Å². The summed E-state index contributed by atoms with van der Waals surface area (Å²) in [6.07, 6.45) is 1.10. The number of hydrogen-bond donors (Lipinski definition) is 0. The summed E-state index contributed by atoms with van der Waals surface area (Å²) >= 11 is 12.2. The topological polar surface area (TPSA) is 72.9 Å². The maximum Gasteiger partial charge on any atom is 0.325 e. The first-order chi connectivity index (χ1) is 12.6. The molecule has 146 valence electrons. The van der Waals surface area contributed by atoms with E-state index < -0.39 is 9.84 Å². The number of carbonyl (C=O) groups is 1. The zero-order valence-electron chi connectivity index (χ0n) is 15.0. The monoisotopic (exact) mass is 431 g/mol. The zero-order chi connectivity index (χ0) is 20.2. The van der Waals surface area contributed by atoms with Crippen molar-refractivity contribution in [3.05, 3.63) is 46.4 Å². The van der Waals surface area contributed by atoms with Crippen molar-refractivity contribution in [3.8, 4) is 11.5 Å². The third-order valence-electron chi connectivity index (χ3n) is 3.56. The van der Waals surface area contributed by atoms with Crippen LogP contribution in [0.2, 0.25) is 10.0 Å². The molecule has 2 aromatic rings. The molecule has 0 bridgehead atoms. The van der Waals surface area contributed by atoms with Gasteiger partial charge in [0, 0.05) is 24.4 Å². The molecule has 27 heavy (non-hydrogen) atoms. The molecule has 0 aliphatic heterocycles. The van der Waals surface area contributed by atoms with E-state index in [1.807, 2.05) is 0 Å². The van der Waals surface area contributed by atoms with Gasteiger partial charge in [0.2, 0.25) is 0 Å². The largest absolute Gasteiger partial charge is 0.465 e. The Morgan fingerprint density at radius 3 is 2.41 bits per heavy atom. The minimum atomic E-state index is -3.38. The number of rotatable bonds is 7. The van der Waals surface area contributed by atoms with Gasteiger partial charge in [0.1, 0.15) is 12.3 Å². The van der Waals surface area contributed by atoms with Crippen LogP contribution < -0.4 is 9.64 Å². The van der Waals surface area contributed by atoms with Gasteiger partial charge in [-0.05, 0) is 37.3 Å². The molecule has 0 aromatic heterocycles. The van der Waals surface area contributed by atoms with E-state index >= 15 is 0 Å². The summed E-state index contributed by atoms with van der Waals surface area (Å²) in [6, 6.07) is 9.14. The maximum atomic E-state index is 11.7. The van der Waals surface area contributed by atoms with Crippen LogP contribution in [0.25, 0.3) is 0 Å². The fourth-order valence-corrected chi connectivity index (χ4v) is 3.38. The van der Waals surface area contributed by atoms with E-state index in [0.717, 1.165) is 6.26 Å². The number of esters is 1. The number of hydrogen-bond acceptors (Lipinski definition) is 6. The normalized spacial score (nSPS) is 11.1. The molecule has 0 amide bonds. The van der Waals surface area contributed by atoms with Gasteiger partial charge in [-0.15, -0.1) is 0 Å². The fraction of sp³-hybridized carbons (Fsp3) is 0.278. The second kappa shape index (κ2) is 8.82. The smallest absolute Gasteiger partial charge is 0.325 e. The number of carbonyl (C=O) groups excluding carboxylic acids is 1. The summed E-state index contributed by atoms with van der Waals surface area (Å²) in [5, 5.41) is 0.569. The molecular weight excluding hydrogens is 413 g/mol. The Balaban J connectivity index is 2.33. The highest BCUT2D eigenvalue weighted by molar-refractivity contribution is 7.90. The average molecular weight is 432 g/mol. The standard InChI is InChI=1S/C18H19Cl2NO5S/c1-4-25-18(22)11-21(2)15-7-5-12(19)9-17(15)26-16-8-6-13(10-14(16)20)27(3,23)24/h5-10H,4,11H2,1-3H3. The molecule has 0 aliphatic carbocycles. The second-order valence-electron chi connectivity index (χ2n) is 5.74. The van der Waals surface area contributed by atoms with E-state index in [1.165, 1.54) is 18.2 Å². The number of sulfone groups is 1. The lowest BCUT2D eigenvalue weighted by Gasteiger charge is -2.22. The van der Waals surface area contributed by atoms with Crippen molar-refractivity contribution in [1.29, 1.82) is 0 Å². The highest BCUT2D eigenvalue weighted by Crippen LogP contribution is 2.37. The number of halogens is 2. The summed E-state index contributed by atoms with van der Waals surface area (Å²) in [6.45, 7) is 2.04. The molecule has 0 atom stereocenters. The lowest BCUT2D eigenvalue weighted by atomic mass is 10.2. The third kappa shape index (κ3) is 5.76. The summed E-state index contributed by atoms with van der Waals surface area (Å²) in [4.78, 5) is 13.5. The molecule has 2 aromatic carbocycles. The molecule has 0 spiro atoms. The van der Waals surface area contributed by atoms with Crippen molar-refractivity contribution in [2.75, 3.05) is 31.4 Å². The van der Waals surface area contributed by atoms with Crippen LogP contribution in [0.5, 0.6) is 11.5 Å². The van der Waals surface area contributed by atoms with E-state index in [9.17, 15) is 13.2 Å². The summed E-state index contributed by atoms with van der Waals surface area (Å²) in [5.74, 6) is 0.247. The number of likely N-dealkylation sites (N-methyl/N-ethyl adjacent to an activating group) is 1. The van der Waals surface area contributed by atoms with E-state index in [-0.39, 0.29) is 28.2 Å². The minimum Gasteiger partial charge on any atom is -0.465 e. The third-order valence-corrected chi connectivity index (χ3v) is 5.20. The fourth-order valence-electron chi connectivity index (χ4n) is 2.28. The molecule has 9 heteroatoms. The van der Waals surface area contributed by atoms with Crippen LogP contribution in [0.1, 0.15) is 6.92 Å². The summed E-state index contributed by atoms with van der Waals surface area (Å²) < 4.78 is 34.1. The number of benzene rings is 2. The first kappa shape index (κ1) is 21.3. The molecule has 0 aliphatic rings. The van der Waals surface area contributed by atoms with Gasteiger partial charge in [0.05, 0.1) is 22.2 Å². The quantitative estimate of drug-likeness (QED) is 0.611. The van der Waals surface area contributed by atoms with E-state index in [2.05, 4.69) is 0 Å². The Morgan fingerprint density at radius 1 is 1.11 bits per heavy atom. The summed E-state index contributed by atoms with van der Waals surface area (Å²) in [5.41, 5.74) is 0.593. The molecule has 0 saturated heterocycles. The van der Waals surface area contributed by atoms with Gasteiger partial charge in [-0.3, -0.25) is 4.79 Å². The van der Waals surface area contributed by atoms with Gasteiger partial charge in [0.25, 0.3) is 0 Å². The SMILES string of the molecule is CCOC(=O)CN(C)c1ccc(Cl)cc1Oc1ccc(S(C)(=O)=O)cc1Cl. The van der Waals surface area contributed by atoms with Crippen LogP contribution in [0.15, 0.2) is 41.3 Å². The Morgan fingerprint density at radius 2 is 1.81 bits per heavy atom. The number of ether oxygens (including phenoxy) is 2. The van der Waals surface area contributed by atoms with Gasteiger partial charge in [0.15, 0.2) is 15.6 Å². The average Bonchev–Trinajstić information content (AvgIpc) is 2.56. The lowest BCUT2D eigenvalue weighted by Crippen LogP contribution is -2.27. The predicted octanol–water partition coefficient (Wildman–Crippen LogP) is 4.19. The molecule has 0 saturated carbocycles. The molecule has 0 fully saturated rings. The van der Waals surface area contributed by atoms with Crippen molar-refractivity contribution in [1.82, 2.24) is 0 Å². The molecule has 6 nitrogen and oxygen atoms in total. The van der Waals surface area contributed by atoms with Crippen molar-refractivity contribution < 1.29 is 22.7 Å². The van der Waals surface area contributed by atoms with Gasteiger partial charge >= 0.3 is 5.97 Å². The Labute approximate surface area is 168 Å². The van der Waals surface area contributed by atoms with Gasteiger partial charge in [-0.2, -0.15) is 0 Å². The molecule has 0 N–H and O–H groups in total. The second-order valence-corrected chi connectivity index (χ2v) is 8.60. The van der Waals surface area contributed by atoms with E-state index in [4.69, 9.17) is 32.7 Å². The van der Waals surface area contributed by atoms with Crippen LogP contribution in [0.3, 0.4) is 0 Å². The van der Waals surface area contributed by atoms with Gasteiger partial charge in [-0.1, -0.05) is 23.2 Å². The lowest BCUT2D eigenvalue weighted by molar-refractivity contribution is -0.141.